The summed E-state index contributed by atoms with van der Waals surface area (Å²) >= 11 is 0. The number of nitrogens with zero attached hydrogens (tertiary/aromatic N) is 3. The summed E-state index contributed by atoms with van der Waals surface area (Å²) in [4.78, 5) is 10.8. The van der Waals surface area contributed by atoms with Crippen molar-refractivity contribution >= 4 is 11.8 Å². The fourth-order valence-corrected chi connectivity index (χ4v) is 2.79. The van der Waals surface area contributed by atoms with Gasteiger partial charge in [0.1, 0.15) is 5.82 Å². The summed E-state index contributed by atoms with van der Waals surface area (Å²) in [5.74, 6) is 1.47. The van der Waals surface area contributed by atoms with E-state index in [0.29, 0.717) is 11.9 Å². The quantitative estimate of drug-likeness (QED) is 0.829. The highest BCUT2D eigenvalue weighted by Crippen LogP contribution is 2.26. The van der Waals surface area contributed by atoms with Crippen LogP contribution in [0.15, 0.2) is 6.07 Å². The molecule has 6 heteroatoms. The first kappa shape index (κ1) is 16.0. The summed E-state index contributed by atoms with van der Waals surface area (Å²) in [6.07, 6.45) is 1.00. The van der Waals surface area contributed by atoms with Gasteiger partial charge >= 0.3 is 0 Å². The third-order valence-electron chi connectivity index (χ3n) is 3.60. The van der Waals surface area contributed by atoms with Crippen LogP contribution in [0.2, 0.25) is 0 Å². The lowest BCUT2D eigenvalue weighted by Gasteiger charge is -2.28. The maximum Gasteiger partial charge on any atom is 0.222 e. The number of rotatable bonds is 6. The Morgan fingerprint density at radius 2 is 2.19 bits per heavy atom. The first-order valence-corrected chi connectivity index (χ1v) is 7.46. The van der Waals surface area contributed by atoms with Crippen LogP contribution in [0.1, 0.15) is 31.9 Å². The van der Waals surface area contributed by atoms with Gasteiger partial charge in [0.15, 0.2) is 0 Å². The molecule has 6 nitrogen and oxygen atoms in total. The maximum atomic E-state index is 5.84. The fraction of sp³-hybridized carbons (Fsp3) is 0.733. The lowest BCUT2D eigenvalue weighted by atomic mass is 9.93. The van der Waals surface area contributed by atoms with Gasteiger partial charge in [0.05, 0.1) is 12.3 Å². The molecule has 0 radical (unpaired) electrons. The fourth-order valence-electron chi connectivity index (χ4n) is 2.79. The number of ether oxygens (including phenoxy) is 1. The van der Waals surface area contributed by atoms with Crippen LogP contribution in [0.25, 0.3) is 0 Å². The minimum absolute atomic E-state index is 0.153. The van der Waals surface area contributed by atoms with Crippen molar-refractivity contribution in [2.75, 3.05) is 51.4 Å². The Kier molecular flexibility index (Phi) is 5.00. The van der Waals surface area contributed by atoms with Crippen LogP contribution in [0.4, 0.5) is 11.8 Å². The second-order valence-corrected chi connectivity index (χ2v) is 6.85. The van der Waals surface area contributed by atoms with Crippen molar-refractivity contribution in [3.8, 4) is 0 Å². The molecule has 2 rings (SSSR count). The monoisotopic (exact) mass is 293 g/mol. The van der Waals surface area contributed by atoms with Crippen LogP contribution < -0.4 is 11.1 Å². The number of nitrogens with two attached hydrogens (primary N) is 1. The Labute approximate surface area is 127 Å². The van der Waals surface area contributed by atoms with Crippen molar-refractivity contribution in [2.45, 2.75) is 26.2 Å². The maximum absolute atomic E-state index is 5.84. The average Bonchev–Trinajstić information content (AvgIpc) is 2.88. The molecular formula is C15H27N5O. The second kappa shape index (κ2) is 6.58. The zero-order valence-corrected chi connectivity index (χ0v) is 13.5. The highest BCUT2D eigenvalue weighted by atomic mass is 16.5. The van der Waals surface area contributed by atoms with Gasteiger partial charge in [-0.1, -0.05) is 13.8 Å². The van der Waals surface area contributed by atoms with E-state index in [1.807, 2.05) is 6.07 Å². The van der Waals surface area contributed by atoms with Gasteiger partial charge in [-0.3, -0.25) is 0 Å². The smallest absolute Gasteiger partial charge is 0.222 e. The molecule has 1 fully saturated rings. The van der Waals surface area contributed by atoms with Gasteiger partial charge in [0.2, 0.25) is 5.95 Å². The van der Waals surface area contributed by atoms with Crippen LogP contribution in [0, 0.1) is 5.41 Å². The van der Waals surface area contributed by atoms with Crippen molar-refractivity contribution in [2.24, 2.45) is 5.41 Å². The molecule has 1 aliphatic heterocycles. The van der Waals surface area contributed by atoms with Gasteiger partial charge in [-0.05, 0) is 25.9 Å². The number of hydrogen-bond acceptors (Lipinski definition) is 6. The molecule has 0 bridgehead atoms. The average molecular weight is 293 g/mol. The Morgan fingerprint density at radius 3 is 2.81 bits per heavy atom. The second-order valence-electron chi connectivity index (χ2n) is 6.85. The Balaban J connectivity index is 2.02. The zero-order chi connectivity index (χ0) is 15.5. The third-order valence-corrected chi connectivity index (χ3v) is 3.60. The summed E-state index contributed by atoms with van der Waals surface area (Å²) in [6.45, 7) is 7.83. The molecule has 0 saturated carbocycles. The SMILES string of the molecule is CN(C)CC(C)(C)CNc1cc([C@@H]2CCOC2)nc(N)n1. The number of hydrogen-bond donors (Lipinski definition) is 2. The van der Waals surface area contributed by atoms with Gasteiger partial charge in [-0.25, -0.2) is 4.98 Å². The van der Waals surface area contributed by atoms with E-state index in [-0.39, 0.29) is 5.41 Å². The molecule has 3 N–H and O–H groups in total. The lowest BCUT2D eigenvalue weighted by Crippen LogP contribution is -2.34. The largest absolute Gasteiger partial charge is 0.381 e. The van der Waals surface area contributed by atoms with E-state index in [2.05, 4.69) is 48.1 Å². The highest BCUT2D eigenvalue weighted by Gasteiger charge is 2.22. The summed E-state index contributed by atoms with van der Waals surface area (Å²) in [7, 11) is 4.17. The van der Waals surface area contributed by atoms with E-state index >= 15 is 0 Å². The Bertz CT molecular complexity index is 469. The molecule has 118 valence electrons. The van der Waals surface area contributed by atoms with E-state index in [9.17, 15) is 0 Å². The molecule has 0 aliphatic carbocycles. The van der Waals surface area contributed by atoms with Crippen molar-refractivity contribution in [1.82, 2.24) is 14.9 Å². The first-order valence-electron chi connectivity index (χ1n) is 7.46. The lowest BCUT2D eigenvalue weighted by molar-refractivity contribution is 0.193. The highest BCUT2D eigenvalue weighted by molar-refractivity contribution is 5.41. The third kappa shape index (κ3) is 4.82. The molecule has 1 aromatic heterocycles. The molecule has 21 heavy (non-hydrogen) atoms. The molecule has 0 aromatic carbocycles. The molecule has 0 spiro atoms. The van der Waals surface area contributed by atoms with Gasteiger partial charge in [0, 0.05) is 31.7 Å². The van der Waals surface area contributed by atoms with Crippen LogP contribution in [-0.2, 0) is 4.74 Å². The summed E-state index contributed by atoms with van der Waals surface area (Å²) in [5.41, 5.74) is 6.97. The van der Waals surface area contributed by atoms with Gasteiger partial charge in [-0.2, -0.15) is 4.98 Å². The molecular weight excluding hydrogens is 266 g/mol. The molecule has 0 unspecified atom stereocenters. The molecule has 1 aromatic rings. The van der Waals surface area contributed by atoms with E-state index in [4.69, 9.17) is 10.5 Å². The molecule has 1 saturated heterocycles. The van der Waals surface area contributed by atoms with Gasteiger partial charge < -0.3 is 20.7 Å². The predicted molar refractivity (Wildman–Crippen MR) is 85.4 cm³/mol. The molecule has 1 aliphatic rings. The zero-order valence-electron chi connectivity index (χ0n) is 13.5. The van der Waals surface area contributed by atoms with Crippen molar-refractivity contribution in [3.05, 3.63) is 11.8 Å². The number of aromatic nitrogens is 2. The normalized spacial score (nSPS) is 19.2. The summed E-state index contributed by atoms with van der Waals surface area (Å²) < 4.78 is 5.42. The van der Waals surface area contributed by atoms with Crippen LogP contribution in [0.3, 0.4) is 0 Å². The predicted octanol–water partition coefficient (Wildman–Crippen LogP) is 1.56. The number of nitrogens with one attached hydrogen (secondary N) is 1. The van der Waals surface area contributed by atoms with Crippen LogP contribution in [-0.4, -0.2) is 55.3 Å². The van der Waals surface area contributed by atoms with Crippen LogP contribution >= 0.6 is 0 Å². The number of anilines is 2. The van der Waals surface area contributed by atoms with Gasteiger partial charge in [-0.15, -0.1) is 0 Å². The van der Waals surface area contributed by atoms with E-state index in [0.717, 1.165) is 44.2 Å². The minimum atomic E-state index is 0.153. The summed E-state index contributed by atoms with van der Waals surface area (Å²) in [5, 5.41) is 3.40. The topological polar surface area (TPSA) is 76.3 Å². The minimum Gasteiger partial charge on any atom is -0.381 e. The van der Waals surface area contributed by atoms with Crippen molar-refractivity contribution in [3.63, 3.8) is 0 Å². The number of nitrogen functional groups attached to an aromatic ring is 1. The van der Waals surface area contributed by atoms with E-state index < -0.39 is 0 Å². The van der Waals surface area contributed by atoms with Crippen molar-refractivity contribution < 1.29 is 4.74 Å². The molecule has 1 atom stereocenters. The molecule has 0 amide bonds. The Morgan fingerprint density at radius 1 is 1.43 bits per heavy atom. The standard InChI is InChI=1S/C15H27N5O/c1-15(2,10-20(3)4)9-17-13-7-12(18-14(16)19-13)11-5-6-21-8-11/h7,11H,5-6,8-10H2,1-4H3,(H3,16,17,18,19)/t11-/m1/s1. The van der Waals surface area contributed by atoms with Gasteiger partial charge in [0.25, 0.3) is 0 Å². The Hall–Kier alpha value is -1.40. The van der Waals surface area contributed by atoms with E-state index in [1.54, 1.807) is 0 Å². The summed E-state index contributed by atoms with van der Waals surface area (Å²) in [6, 6.07) is 2.00. The van der Waals surface area contributed by atoms with Crippen LogP contribution in [0.5, 0.6) is 0 Å². The van der Waals surface area contributed by atoms with Crippen molar-refractivity contribution in [1.29, 1.82) is 0 Å². The molecule has 2 heterocycles. The first-order chi connectivity index (χ1) is 9.85. The van der Waals surface area contributed by atoms with E-state index in [1.165, 1.54) is 0 Å².